The molecule has 0 fully saturated rings. The van der Waals surface area contributed by atoms with Crippen molar-refractivity contribution in [1.82, 2.24) is 9.55 Å². The van der Waals surface area contributed by atoms with E-state index in [0.717, 1.165) is 49.2 Å². The molecule has 0 spiro atoms. The van der Waals surface area contributed by atoms with Crippen molar-refractivity contribution < 1.29 is 8.78 Å². The van der Waals surface area contributed by atoms with Gasteiger partial charge in [0.2, 0.25) is 0 Å². The van der Waals surface area contributed by atoms with Crippen LogP contribution >= 0.6 is 0 Å². The molecule has 0 atom stereocenters. The molecule has 0 bridgehead atoms. The molecule has 2 aromatic rings. The van der Waals surface area contributed by atoms with Gasteiger partial charge in [-0.15, -0.1) is 0 Å². The molecule has 3 N–H and O–H groups in total. The lowest BCUT2D eigenvalue weighted by molar-refractivity contribution is 0.561. The maximum Gasteiger partial charge on any atom is 0.150 e. The molecule has 104 valence electrons. The summed E-state index contributed by atoms with van der Waals surface area (Å²) in [5.41, 5.74) is 6.93. The van der Waals surface area contributed by atoms with E-state index in [1.807, 2.05) is 0 Å². The lowest BCUT2D eigenvalue weighted by atomic mass is 10.0. The molecule has 4 nitrogen and oxygen atoms in total. The van der Waals surface area contributed by atoms with E-state index in [1.165, 1.54) is 10.9 Å². The van der Waals surface area contributed by atoms with Crippen molar-refractivity contribution in [3.8, 4) is 5.69 Å². The summed E-state index contributed by atoms with van der Waals surface area (Å²) in [6.45, 7) is 0. The zero-order valence-electron chi connectivity index (χ0n) is 10.8. The summed E-state index contributed by atoms with van der Waals surface area (Å²) in [4.78, 5) is 4.24. The summed E-state index contributed by atoms with van der Waals surface area (Å²) in [7, 11) is 0. The molecule has 0 unspecified atom stereocenters. The molecule has 1 aliphatic carbocycles. The van der Waals surface area contributed by atoms with Crippen LogP contribution in [0.3, 0.4) is 0 Å². The number of aromatic nitrogens is 2. The van der Waals surface area contributed by atoms with E-state index >= 15 is 0 Å². The highest BCUT2D eigenvalue weighted by molar-refractivity contribution is 5.95. The van der Waals surface area contributed by atoms with Gasteiger partial charge in [0.05, 0.1) is 12.0 Å². The summed E-state index contributed by atoms with van der Waals surface area (Å²) in [6.07, 6.45) is 5.12. The molecule has 1 aromatic heterocycles. The molecule has 0 amide bonds. The van der Waals surface area contributed by atoms with Gasteiger partial charge in [-0.3, -0.25) is 9.98 Å². The summed E-state index contributed by atoms with van der Waals surface area (Å²) in [6, 6.07) is 2.16. The minimum Gasteiger partial charge on any atom is -0.384 e. The summed E-state index contributed by atoms with van der Waals surface area (Å²) in [5, 5.41) is 7.25. The highest BCUT2D eigenvalue weighted by Gasteiger charge is 2.21. The van der Waals surface area contributed by atoms with Crippen molar-refractivity contribution in [2.45, 2.75) is 25.7 Å². The van der Waals surface area contributed by atoms with E-state index in [2.05, 4.69) is 4.98 Å². The number of imidazole rings is 1. The first-order valence-corrected chi connectivity index (χ1v) is 6.47. The smallest absolute Gasteiger partial charge is 0.150 e. The van der Waals surface area contributed by atoms with Gasteiger partial charge in [-0.25, -0.2) is 13.8 Å². The SMILES string of the molecule is N=C(N)c1cc(F)c(-n2cnc3c2CCCC3)c(F)c1. The van der Waals surface area contributed by atoms with Crippen LogP contribution in [-0.2, 0) is 12.8 Å². The van der Waals surface area contributed by atoms with E-state index in [-0.39, 0.29) is 17.1 Å². The summed E-state index contributed by atoms with van der Waals surface area (Å²) < 4.78 is 29.8. The van der Waals surface area contributed by atoms with Crippen LogP contribution in [0.1, 0.15) is 29.8 Å². The Morgan fingerprint density at radius 2 is 1.85 bits per heavy atom. The van der Waals surface area contributed by atoms with E-state index in [1.54, 1.807) is 0 Å². The van der Waals surface area contributed by atoms with Crippen molar-refractivity contribution >= 4 is 5.84 Å². The van der Waals surface area contributed by atoms with Gasteiger partial charge < -0.3 is 5.73 Å². The monoisotopic (exact) mass is 276 g/mol. The van der Waals surface area contributed by atoms with Crippen molar-refractivity contribution in [3.63, 3.8) is 0 Å². The minimum atomic E-state index is -0.735. The third kappa shape index (κ3) is 1.97. The molecule has 0 radical (unpaired) electrons. The van der Waals surface area contributed by atoms with Gasteiger partial charge >= 0.3 is 0 Å². The van der Waals surface area contributed by atoms with Gasteiger partial charge in [0.15, 0.2) is 11.6 Å². The second kappa shape index (κ2) is 4.70. The Morgan fingerprint density at radius 1 is 1.20 bits per heavy atom. The quantitative estimate of drug-likeness (QED) is 0.653. The first kappa shape index (κ1) is 12.8. The number of rotatable bonds is 2. The van der Waals surface area contributed by atoms with Crippen LogP contribution in [0.2, 0.25) is 0 Å². The summed E-state index contributed by atoms with van der Waals surface area (Å²) >= 11 is 0. The van der Waals surface area contributed by atoms with Crippen molar-refractivity contribution in [2.75, 3.05) is 0 Å². The topological polar surface area (TPSA) is 67.7 Å². The van der Waals surface area contributed by atoms with Gasteiger partial charge in [-0.05, 0) is 37.8 Å². The maximum atomic E-state index is 14.2. The highest BCUT2D eigenvalue weighted by Crippen LogP contribution is 2.26. The number of fused-ring (bicyclic) bond motifs is 1. The van der Waals surface area contributed by atoms with Crippen LogP contribution in [0.15, 0.2) is 18.5 Å². The third-order valence-electron chi connectivity index (χ3n) is 3.60. The predicted molar refractivity (Wildman–Crippen MR) is 71.1 cm³/mol. The Hall–Kier alpha value is -2.24. The Balaban J connectivity index is 2.15. The maximum absolute atomic E-state index is 14.2. The molecule has 0 aliphatic heterocycles. The number of nitrogens with two attached hydrogens (primary N) is 1. The van der Waals surface area contributed by atoms with E-state index in [0.29, 0.717) is 0 Å². The second-order valence-electron chi connectivity index (χ2n) is 4.92. The standard InChI is InChI=1S/C14H14F2N4/c15-9-5-8(14(17)18)6-10(16)13(9)20-7-19-11-3-1-2-4-12(11)20/h5-7H,1-4H2,(H3,17,18). The molecule has 3 rings (SSSR count). The van der Waals surface area contributed by atoms with Crippen molar-refractivity contribution in [2.24, 2.45) is 5.73 Å². The van der Waals surface area contributed by atoms with Crippen LogP contribution in [0.5, 0.6) is 0 Å². The van der Waals surface area contributed by atoms with Crippen LogP contribution in [0.4, 0.5) is 8.78 Å². The molecular formula is C14H14F2N4. The average Bonchev–Trinajstić information content (AvgIpc) is 2.82. The van der Waals surface area contributed by atoms with E-state index in [9.17, 15) is 8.78 Å². The van der Waals surface area contributed by atoms with Crippen molar-refractivity contribution in [3.05, 3.63) is 47.0 Å². The van der Waals surface area contributed by atoms with Crippen LogP contribution < -0.4 is 5.73 Å². The molecule has 0 saturated carbocycles. The number of nitrogens with zero attached hydrogens (tertiary/aromatic N) is 2. The normalized spacial score (nSPS) is 14.1. The van der Waals surface area contributed by atoms with Gasteiger partial charge in [0, 0.05) is 11.3 Å². The van der Waals surface area contributed by atoms with Gasteiger partial charge in [0.25, 0.3) is 0 Å². The lowest BCUT2D eigenvalue weighted by Crippen LogP contribution is -2.14. The molecule has 20 heavy (non-hydrogen) atoms. The highest BCUT2D eigenvalue weighted by atomic mass is 19.1. The fourth-order valence-electron chi connectivity index (χ4n) is 2.61. The van der Waals surface area contributed by atoms with E-state index < -0.39 is 11.6 Å². The number of hydrogen-bond donors (Lipinski definition) is 2. The Kier molecular flexibility index (Phi) is 3.00. The fraction of sp³-hybridized carbons (Fsp3) is 0.286. The lowest BCUT2D eigenvalue weighted by Gasteiger charge is -2.15. The predicted octanol–water partition coefficient (Wildman–Crippen LogP) is 2.31. The van der Waals surface area contributed by atoms with Gasteiger partial charge in [-0.1, -0.05) is 0 Å². The Bertz CT molecular complexity index is 667. The number of benzene rings is 1. The molecule has 6 heteroatoms. The number of nitrogens with one attached hydrogen (secondary N) is 1. The number of amidine groups is 1. The van der Waals surface area contributed by atoms with Crippen LogP contribution in [-0.4, -0.2) is 15.4 Å². The number of aryl methyl sites for hydroxylation is 1. The second-order valence-corrected chi connectivity index (χ2v) is 4.92. The number of nitrogen functional groups attached to an aromatic ring is 1. The minimum absolute atomic E-state index is 0.0396. The van der Waals surface area contributed by atoms with Gasteiger partial charge in [0.1, 0.15) is 11.5 Å². The average molecular weight is 276 g/mol. The van der Waals surface area contributed by atoms with E-state index in [4.69, 9.17) is 11.1 Å². The third-order valence-corrected chi connectivity index (χ3v) is 3.60. The molecule has 1 heterocycles. The zero-order chi connectivity index (χ0) is 14.3. The van der Waals surface area contributed by atoms with Gasteiger partial charge in [-0.2, -0.15) is 0 Å². The number of halogens is 2. The fourth-order valence-corrected chi connectivity index (χ4v) is 2.61. The van der Waals surface area contributed by atoms with Crippen molar-refractivity contribution in [1.29, 1.82) is 5.41 Å². The zero-order valence-corrected chi connectivity index (χ0v) is 10.8. The summed E-state index contributed by atoms with van der Waals surface area (Å²) in [5.74, 6) is -1.83. The van der Waals surface area contributed by atoms with Crippen LogP contribution in [0, 0.1) is 17.0 Å². The largest absolute Gasteiger partial charge is 0.384 e. The molecule has 1 aliphatic rings. The molecule has 0 saturated heterocycles. The Labute approximate surface area is 114 Å². The molecule has 1 aromatic carbocycles. The Morgan fingerprint density at radius 3 is 2.50 bits per heavy atom. The first-order chi connectivity index (χ1) is 9.58. The van der Waals surface area contributed by atoms with Crippen LogP contribution in [0.25, 0.3) is 5.69 Å². The first-order valence-electron chi connectivity index (χ1n) is 6.47. The number of hydrogen-bond acceptors (Lipinski definition) is 2. The molecular weight excluding hydrogens is 262 g/mol.